The molecule has 0 bridgehead atoms. The average Bonchev–Trinajstić information content (AvgIpc) is 2.28. The molecule has 6 nitrogen and oxygen atoms in total. The molecule has 1 atom stereocenters. The van der Waals surface area contributed by atoms with E-state index in [4.69, 9.17) is 5.73 Å². The molecule has 0 aliphatic carbocycles. The van der Waals surface area contributed by atoms with Gasteiger partial charge in [0.05, 0.1) is 15.4 Å². The summed E-state index contributed by atoms with van der Waals surface area (Å²) in [6, 6.07) is 4.33. The molecule has 0 aromatic heterocycles. The summed E-state index contributed by atoms with van der Waals surface area (Å²) >= 11 is 3.13. The van der Waals surface area contributed by atoms with E-state index in [1.54, 1.807) is 12.1 Å². The van der Waals surface area contributed by atoms with Crippen LogP contribution in [0.25, 0.3) is 0 Å². The largest absolute Gasteiger partial charge is 0.368 e. The van der Waals surface area contributed by atoms with Gasteiger partial charge in [-0.05, 0) is 33.0 Å². The Morgan fingerprint density at radius 3 is 2.55 bits per heavy atom. The molecule has 0 saturated heterocycles. The number of rotatable bonds is 5. The molecule has 0 aliphatic rings. The Bertz CT molecular complexity index is 526. The first-order chi connectivity index (χ1) is 9.12. The van der Waals surface area contributed by atoms with Crippen LogP contribution in [-0.4, -0.2) is 16.9 Å². The van der Waals surface area contributed by atoms with Crippen LogP contribution in [0.15, 0.2) is 22.7 Å². The number of halogens is 1. The van der Waals surface area contributed by atoms with Gasteiger partial charge in [0, 0.05) is 12.6 Å². The van der Waals surface area contributed by atoms with E-state index in [1.807, 2.05) is 20.8 Å². The van der Waals surface area contributed by atoms with Crippen molar-refractivity contribution in [2.45, 2.75) is 33.4 Å². The zero-order chi connectivity index (χ0) is 15.5. The van der Waals surface area contributed by atoms with Crippen molar-refractivity contribution in [3.8, 4) is 0 Å². The molecule has 1 aromatic rings. The third kappa shape index (κ3) is 4.28. The van der Waals surface area contributed by atoms with Crippen molar-refractivity contribution >= 4 is 27.5 Å². The lowest BCUT2D eigenvalue weighted by Gasteiger charge is -2.28. The van der Waals surface area contributed by atoms with Crippen LogP contribution in [0, 0.1) is 15.5 Å². The van der Waals surface area contributed by atoms with Crippen LogP contribution in [0.3, 0.4) is 0 Å². The van der Waals surface area contributed by atoms with Crippen molar-refractivity contribution in [3.05, 3.63) is 38.3 Å². The summed E-state index contributed by atoms with van der Waals surface area (Å²) in [5.41, 5.74) is 5.76. The maximum atomic E-state index is 11.4. The van der Waals surface area contributed by atoms with E-state index < -0.39 is 16.9 Å². The van der Waals surface area contributed by atoms with E-state index in [1.165, 1.54) is 6.07 Å². The molecule has 20 heavy (non-hydrogen) atoms. The average molecular weight is 344 g/mol. The highest BCUT2D eigenvalue weighted by Crippen LogP contribution is 2.26. The van der Waals surface area contributed by atoms with E-state index in [0.717, 1.165) is 5.56 Å². The molecule has 0 radical (unpaired) electrons. The number of primary amides is 1. The summed E-state index contributed by atoms with van der Waals surface area (Å²) in [6.07, 6.45) is 0. The number of nitro benzene ring substituents is 1. The number of nitrogens with zero attached hydrogens (tertiary/aromatic N) is 1. The molecule has 3 N–H and O–H groups in total. The summed E-state index contributed by atoms with van der Waals surface area (Å²) in [7, 11) is 0. The minimum Gasteiger partial charge on any atom is -0.368 e. The maximum Gasteiger partial charge on any atom is 0.283 e. The second-order valence-electron chi connectivity index (χ2n) is 5.63. The fourth-order valence-corrected chi connectivity index (χ4v) is 2.25. The molecule has 7 heteroatoms. The standard InChI is InChI=1S/C13H18BrN3O3/c1-13(2,3)11(12(15)18)16-7-8-4-5-9(14)10(6-8)17(19)20/h4-6,11,16H,7H2,1-3H3,(H2,15,18). The quantitative estimate of drug-likeness (QED) is 0.633. The number of nitrogens with two attached hydrogens (primary N) is 1. The lowest BCUT2D eigenvalue weighted by Crippen LogP contribution is -2.49. The second-order valence-corrected chi connectivity index (χ2v) is 6.48. The van der Waals surface area contributed by atoms with Crippen LogP contribution < -0.4 is 11.1 Å². The Morgan fingerprint density at radius 2 is 2.10 bits per heavy atom. The van der Waals surface area contributed by atoms with Gasteiger partial charge < -0.3 is 11.1 Å². The number of amides is 1. The third-order valence-corrected chi connectivity index (χ3v) is 3.54. The molecule has 0 saturated carbocycles. The van der Waals surface area contributed by atoms with E-state index in [-0.39, 0.29) is 11.1 Å². The van der Waals surface area contributed by atoms with Crippen molar-refractivity contribution in [2.24, 2.45) is 11.1 Å². The molecule has 1 aromatic carbocycles. The summed E-state index contributed by atoms with van der Waals surface area (Å²) in [4.78, 5) is 21.8. The van der Waals surface area contributed by atoms with Crippen LogP contribution in [0.1, 0.15) is 26.3 Å². The third-order valence-electron chi connectivity index (χ3n) is 2.87. The molecule has 0 heterocycles. The van der Waals surface area contributed by atoms with Crippen molar-refractivity contribution in [2.75, 3.05) is 0 Å². The Kier molecular flexibility index (Phi) is 5.24. The lowest BCUT2D eigenvalue weighted by molar-refractivity contribution is -0.385. The Morgan fingerprint density at radius 1 is 1.50 bits per heavy atom. The SMILES string of the molecule is CC(C)(C)C(NCc1ccc(Br)c([N+](=O)[O-])c1)C(N)=O. The van der Waals surface area contributed by atoms with Gasteiger partial charge in [0.25, 0.3) is 5.69 Å². The number of nitro groups is 1. The molecule has 1 unspecified atom stereocenters. The van der Waals surface area contributed by atoms with Crippen LogP contribution in [0.5, 0.6) is 0 Å². The number of carbonyl (C=O) groups is 1. The van der Waals surface area contributed by atoms with Crippen LogP contribution in [-0.2, 0) is 11.3 Å². The fourth-order valence-electron chi connectivity index (χ4n) is 1.86. The van der Waals surface area contributed by atoms with Gasteiger partial charge in [-0.3, -0.25) is 14.9 Å². The topological polar surface area (TPSA) is 98.3 Å². The van der Waals surface area contributed by atoms with Gasteiger partial charge >= 0.3 is 0 Å². The minimum absolute atomic E-state index is 0.00400. The molecule has 0 spiro atoms. The predicted molar refractivity (Wildman–Crippen MR) is 80.1 cm³/mol. The highest BCUT2D eigenvalue weighted by molar-refractivity contribution is 9.10. The first-order valence-corrected chi connectivity index (χ1v) is 6.87. The monoisotopic (exact) mass is 343 g/mol. The number of nitrogens with one attached hydrogen (secondary N) is 1. The van der Waals surface area contributed by atoms with Gasteiger partial charge in [-0.2, -0.15) is 0 Å². The van der Waals surface area contributed by atoms with Gasteiger partial charge in [0.2, 0.25) is 5.91 Å². The van der Waals surface area contributed by atoms with E-state index >= 15 is 0 Å². The van der Waals surface area contributed by atoms with Crippen LogP contribution in [0.2, 0.25) is 0 Å². The molecule has 1 rings (SSSR count). The first-order valence-electron chi connectivity index (χ1n) is 6.08. The smallest absolute Gasteiger partial charge is 0.283 e. The number of carbonyl (C=O) groups excluding carboxylic acids is 1. The lowest BCUT2D eigenvalue weighted by atomic mass is 9.86. The fraction of sp³-hybridized carbons (Fsp3) is 0.462. The molecule has 0 fully saturated rings. The minimum atomic E-state index is -0.509. The van der Waals surface area contributed by atoms with Gasteiger partial charge in [-0.1, -0.05) is 26.8 Å². The van der Waals surface area contributed by atoms with E-state index in [2.05, 4.69) is 21.2 Å². The normalized spacial score (nSPS) is 13.0. The molecule has 1 amide bonds. The highest BCUT2D eigenvalue weighted by atomic mass is 79.9. The van der Waals surface area contributed by atoms with Crippen molar-refractivity contribution < 1.29 is 9.72 Å². The highest BCUT2D eigenvalue weighted by Gasteiger charge is 2.29. The summed E-state index contributed by atoms with van der Waals surface area (Å²) in [5, 5.41) is 13.9. The Labute approximate surface area is 126 Å². The molecular weight excluding hydrogens is 326 g/mol. The first kappa shape index (κ1) is 16.6. The van der Waals surface area contributed by atoms with Crippen molar-refractivity contribution in [1.82, 2.24) is 5.32 Å². The molecule has 0 aliphatic heterocycles. The van der Waals surface area contributed by atoms with Gasteiger partial charge in [-0.25, -0.2) is 0 Å². The van der Waals surface area contributed by atoms with E-state index in [0.29, 0.717) is 11.0 Å². The number of hydrogen-bond acceptors (Lipinski definition) is 4. The summed E-state index contributed by atoms with van der Waals surface area (Å²) in [6.45, 7) is 6.04. The number of hydrogen-bond donors (Lipinski definition) is 2. The summed E-state index contributed by atoms with van der Waals surface area (Å²) < 4.78 is 0.425. The zero-order valence-corrected chi connectivity index (χ0v) is 13.2. The number of benzene rings is 1. The maximum absolute atomic E-state index is 11.4. The Balaban J connectivity index is 2.87. The second kappa shape index (κ2) is 6.32. The van der Waals surface area contributed by atoms with Crippen molar-refractivity contribution in [1.29, 1.82) is 0 Å². The summed E-state index contributed by atoms with van der Waals surface area (Å²) in [5.74, 6) is -0.441. The predicted octanol–water partition coefficient (Wildman–Crippen LogP) is 2.35. The Hall–Kier alpha value is -1.47. The zero-order valence-electron chi connectivity index (χ0n) is 11.6. The van der Waals surface area contributed by atoms with Gasteiger partial charge in [-0.15, -0.1) is 0 Å². The van der Waals surface area contributed by atoms with Crippen LogP contribution >= 0.6 is 15.9 Å². The molecule has 110 valence electrons. The van der Waals surface area contributed by atoms with Crippen molar-refractivity contribution in [3.63, 3.8) is 0 Å². The van der Waals surface area contributed by atoms with Gasteiger partial charge in [0.15, 0.2) is 0 Å². The van der Waals surface area contributed by atoms with Crippen LogP contribution in [0.4, 0.5) is 5.69 Å². The van der Waals surface area contributed by atoms with E-state index in [9.17, 15) is 14.9 Å². The van der Waals surface area contributed by atoms with Gasteiger partial charge in [0.1, 0.15) is 0 Å². The molecular formula is C13H18BrN3O3.